The molecule has 3 aromatic heterocycles. The molecule has 0 radical (unpaired) electrons. The smallest absolute Gasteiger partial charge is 0.275 e. The van der Waals surface area contributed by atoms with E-state index in [4.69, 9.17) is 14.7 Å². The van der Waals surface area contributed by atoms with E-state index in [0.29, 0.717) is 51.5 Å². The van der Waals surface area contributed by atoms with Crippen molar-refractivity contribution in [2.75, 3.05) is 44.2 Å². The zero-order chi connectivity index (χ0) is 44.4. The van der Waals surface area contributed by atoms with Gasteiger partial charge >= 0.3 is 0 Å². The first-order chi connectivity index (χ1) is 30.1. The van der Waals surface area contributed by atoms with Gasteiger partial charge in [0.2, 0.25) is 5.95 Å². The van der Waals surface area contributed by atoms with Crippen molar-refractivity contribution >= 4 is 37.8 Å². The van der Waals surface area contributed by atoms with E-state index in [9.17, 15) is 18.3 Å². The molecule has 9 rings (SSSR count). The van der Waals surface area contributed by atoms with E-state index in [2.05, 4.69) is 49.3 Å². The number of rotatable bonds is 11. The van der Waals surface area contributed by atoms with Crippen molar-refractivity contribution in [3.8, 4) is 11.1 Å². The number of piperidine rings is 1. The summed E-state index contributed by atoms with van der Waals surface area (Å²) in [5.41, 5.74) is 2.92. The number of aliphatic hydroxyl groups is 1. The van der Waals surface area contributed by atoms with Gasteiger partial charge in [-0.25, -0.2) is 22.4 Å². The van der Waals surface area contributed by atoms with E-state index in [0.717, 1.165) is 79.1 Å². The molecule has 1 aliphatic carbocycles. The molecule has 1 unspecified atom stereocenters. The van der Waals surface area contributed by atoms with Gasteiger partial charge in [0.25, 0.3) is 15.6 Å². The maximum absolute atomic E-state index is 14.0. The van der Waals surface area contributed by atoms with Crippen LogP contribution in [0.5, 0.6) is 0 Å². The minimum atomic E-state index is -4.09. The molecule has 0 bridgehead atoms. The van der Waals surface area contributed by atoms with Crippen molar-refractivity contribution < 1.29 is 18.3 Å². The average Bonchev–Trinajstić information content (AvgIpc) is 3.97. The summed E-state index contributed by atoms with van der Waals surface area (Å²) in [6.07, 6.45) is 7.02. The van der Waals surface area contributed by atoms with Gasteiger partial charge < -0.3 is 19.3 Å². The van der Waals surface area contributed by atoms with E-state index < -0.39 is 21.2 Å². The molecule has 0 amide bonds. The van der Waals surface area contributed by atoms with Gasteiger partial charge in [0.05, 0.1) is 28.8 Å². The van der Waals surface area contributed by atoms with Crippen LogP contribution in [-0.4, -0.2) is 105 Å². The molecule has 2 aliphatic heterocycles. The lowest BCUT2D eigenvalue weighted by Crippen LogP contribution is -2.62. The zero-order valence-electron chi connectivity index (χ0n) is 37.7. The molecule has 13 heteroatoms. The Bertz CT molecular complexity index is 2810. The predicted octanol–water partition coefficient (Wildman–Crippen LogP) is 7.32. The predicted molar refractivity (Wildman–Crippen MR) is 250 cm³/mol. The van der Waals surface area contributed by atoms with Crippen LogP contribution in [0.1, 0.15) is 77.1 Å². The highest BCUT2D eigenvalue weighted by atomic mass is 32.2. The number of nitrogens with zero attached hydrogens (tertiary/aromatic N) is 7. The quantitative estimate of drug-likeness (QED) is 0.142. The topological polar surface area (TPSA) is 126 Å². The molecule has 1 N–H and O–H groups in total. The van der Waals surface area contributed by atoms with Crippen molar-refractivity contribution in [1.82, 2.24) is 28.3 Å². The maximum Gasteiger partial charge on any atom is 0.275 e. The Labute approximate surface area is 371 Å². The SMILES string of the molecule is Cc1ccc(S(=O)(=O)n2ccc3c(-c4ccc5nc(N6CCC(CN7C[C@@H](C)N(C(C)(C)C)C[C@@H]7C)CC6)nc(C(CO)(OC6CC6)c6ccccc6)c5c4)cn(C)c(=O)c32)cc1. The number of ether oxygens (including phenoxy) is 1. The molecule has 12 nitrogen and oxygen atoms in total. The van der Waals surface area contributed by atoms with Crippen LogP contribution in [-0.2, 0) is 27.4 Å². The highest BCUT2D eigenvalue weighted by molar-refractivity contribution is 7.90. The molecule has 3 aliphatic rings. The Balaban J connectivity index is 1.11. The average molecular weight is 872 g/mol. The van der Waals surface area contributed by atoms with E-state index >= 15 is 0 Å². The number of aliphatic hydroxyl groups excluding tert-OH is 1. The van der Waals surface area contributed by atoms with Gasteiger partial charge in [0, 0.05) is 86.1 Å². The molecule has 5 heterocycles. The molecule has 332 valence electrons. The first kappa shape index (κ1) is 43.3. The molecule has 1 saturated carbocycles. The number of hydrogen-bond donors (Lipinski definition) is 1. The summed E-state index contributed by atoms with van der Waals surface area (Å²) >= 11 is 0. The lowest BCUT2D eigenvalue weighted by Gasteiger charge is -2.50. The first-order valence-corrected chi connectivity index (χ1v) is 24.0. The van der Waals surface area contributed by atoms with Crippen LogP contribution in [0.4, 0.5) is 5.95 Å². The van der Waals surface area contributed by atoms with Crippen LogP contribution in [0.15, 0.2) is 101 Å². The maximum atomic E-state index is 14.0. The number of pyridine rings is 1. The molecular formula is C50H61N7O5S. The first-order valence-electron chi connectivity index (χ1n) is 22.5. The second kappa shape index (κ2) is 16.6. The fourth-order valence-electron chi connectivity index (χ4n) is 9.99. The Morgan fingerprint density at radius 2 is 1.57 bits per heavy atom. The number of benzene rings is 3. The largest absolute Gasteiger partial charge is 0.393 e. The second-order valence-corrected chi connectivity index (χ2v) is 21.1. The van der Waals surface area contributed by atoms with Gasteiger partial charge in [0.1, 0.15) is 5.52 Å². The number of hydrogen-bond acceptors (Lipinski definition) is 10. The third-order valence-electron chi connectivity index (χ3n) is 13.7. The molecule has 6 aromatic rings. The van der Waals surface area contributed by atoms with E-state index in [-0.39, 0.29) is 28.7 Å². The van der Waals surface area contributed by atoms with Crippen LogP contribution in [0, 0.1) is 12.8 Å². The van der Waals surface area contributed by atoms with Crippen LogP contribution >= 0.6 is 0 Å². The van der Waals surface area contributed by atoms with Gasteiger partial charge in [-0.3, -0.25) is 14.6 Å². The summed E-state index contributed by atoms with van der Waals surface area (Å²) in [5.74, 6) is 1.18. The van der Waals surface area contributed by atoms with Gasteiger partial charge in [-0.05, 0) is 115 Å². The monoisotopic (exact) mass is 871 g/mol. The Morgan fingerprint density at radius 1 is 0.857 bits per heavy atom. The molecule has 2 saturated heterocycles. The fraction of sp³-hybridized carbons (Fsp3) is 0.460. The summed E-state index contributed by atoms with van der Waals surface area (Å²) in [4.78, 5) is 32.1. The molecule has 3 fully saturated rings. The van der Waals surface area contributed by atoms with E-state index in [1.807, 2.05) is 55.5 Å². The lowest BCUT2D eigenvalue weighted by atomic mass is 9.87. The van der Waals surface area contributed by atoms with Crippen molar-refractivity contribution in [3.63, 3.8) is 0 Å². The van der Waals surface area contributed by atoms with Gasteiger partial charge in [-0.15, -0.1) is 0 Å². The number of aromatic nitrogens is 4. The number of anilines is 1. The van der Waals surface area contributed by atoms with Crippen LogP contribution < -0.4 is 10.5 Å². The highest BCUT2D eigenvalue weighted by Gasteiger charge is 2.44. The minimum Gasteiger partial charge on any atom is -0.393 e. The second-order valence-electron chi connectivity index (χ2n) is 19.3. The number of piperazine rings is 1. The fourth-order valence-corrected chi connectivity index (χ4v) is 11.3. The Kier molecular flexibility index (Phi) is 11.4. The molecule has 3 aromatic carbocycles. The summed E-state index contributed by atoms with van der Waals surface area (Å²) in [5, 5.41) is 12.8. The van der Waals surface area contributed by atoms with Crippen LogP contribution in [0.2, 0.25) is 0 Å². The molecular weight excluding hydrogens is 811 g/mol. The summed E-state index contributed by atoms with van der Waals surface area (Å²) in [6, 6.07) is 25.1. The third-order valence-corrected chi connectivity index (χ3v) is 15.4. The molecule has 0 spiro atoms. The van der Waals surface area contributed by atoms with Crippen molar-refractivity contribution in [3.05, 3.63) is 118 Å². The summed E-state index contributed by atoms with van der Waals surface area (Å²) < 4.78 is 37.5. The van der Waals surface area contributed by atoms with E-state index in [1.54, 1.807) is 43.6 Å². The number of aryl methyl sites for hydroxylation is 2. The number of fused-ring (bicyclic) bond motifs is 2. The third kappa shape index (κ3) is 8.12. The summed E-state index contributed by atoms with van der Waals surface area (Å²) in [7, 11) is -2.45. The van der Waals surface area contributed by atoms with Crippen molar-refractivity contribution in [1.29, 1.82) is 0 Å². The molecule has 3 atom stereocenters. The zero-order valence-corrected chi connectivity index (χ0v) is 38.5. The normalized spacial score (nSPS) is 20.7. The Hall–Kier alpha value is -4.92. The van der Waals surface area contributed by atoms with Crippen molar-refractivity contribution in [2.45, 2.75) is 101 Å². The van der Waals surface area contributed by atoms with E-state index in [1.165, 1.54) is 10.8 Å². The minimum absolute atomic E-state index is 0.0290. The van der Waals surface area contributed by atoms with Gasteiger partial charge in [-0.1, -0.05) is 54.1 Å². The van der Waals surface area contributed by atoms with Crippen molar-refractivity contribution in [2.24, 2.45) is 13.0 Å². The van der Waals surface area contributed by atoms with Gasteiger partial charge in [-0.2, -0.15) is 0 Å². The Morgan fingerprint density at radius 3 is 2.24 bits per heavy atom. The highest BCUT2D eigenvalue weighted by Crippen LogP contribution is 2.43. The molecule has 63 heavy (non-hydrogen) atoms. The lowest BCUT2D eigenvalue weighted by molar-refractivity contribution is -0.0672. The summed E-state index contributed by atoms with van der Waals surface area (Å²) in [6.45, 7) is 18.1. The van der Waals surface area contributed by atoms with Crippen LogP contribution in [0.3, 0.4) is 0 Å². The van der Waals surface area contributed by atoms with Crippen LogP contribution in [0.25, 0.3) is 32.9 Å². The van der Waals surface area contributed by atoms with Gasteiger partial charge in [0.15, 0.2) is 5.60 Å². The standard InChI is InChI=1S/C50H61N7O5S/c1-33-13-18-40(19-14-33)63(60,61)57-26-23-41-43(31-53(7)47(59)45(41)57)37-15-20-44-42(27-37)46(50(32-58,62-39-16-17-39)38-11-9-8-10-12-38)52-48(51-44)54-24-21-36(22-25-54)30-55-28-35(3)56(29-34(55)2)49(4,5)6/h8-15,18-20,23,26-27,31,34-36,39,58H,16-17,21-22,24-25,28-30,32H2,1-7H3/t34-,35+,50?/m0/s1.